The van der Waals surface area contributed by atoms with Crippen LogP contribution in [0.4, 0.5) is 0 Å². The van der Waals surface area contributed by atoms with Crippen molar-refractivity contribution < 1.29 is 9.53 Å². The van der Waals surface area contributed by atoms with Gasteiger partial charge in [-0.1, -0.05) is 0 Å². The topological polar surface area (TPSA) is 26.3 Å². The van der Waals surface area contributed by atoms with Crippen LogP contribution in [-0.4, -0.2) is 35.1 Å². The molecule has 0 aromatic rings. The molecular formula is C7H12O2Sn. The molecule has 0 atom stereocenters. The van der Waals surface area contributed by atoms with E-state index in [1.807, 2.05) is 0 Å². The van der Waals surface area contributed by atoms with E-state index in [-0.39, 0.29) is 5.97 Å². The van der Waals surface area contributed by atoms with Crippen LogP contribution in [0, 0.1) is 0 Å². The van der Waals surface area contributed by atoms with Crippen LogP contribution in [0.1, 0.15) is 13.3 Å². The molecule has 0 fully saturated rings. The van der Waals surface area contributed by atoms with Crippen molar-refractivity contribution in [1.82, 2.24) is 0 Å². The number of carbonyl (C=O) groups excluding carboxylic acids is 1. The quantitative estimate of drug-likeness (QED) is 0.318. The van der Waals surface area contributed by atoms with Gasteiger partial charge >= 0.3 is 74.6 Å². The van der Waals surface area contributed by atoms with Crippen molar-refractivity contribution in [3.8, 4) is 0 Å². The van der Waals surface area contributed by atoms with Gasteiger partial charge in [0.15, 0.2) is 0 Å². The number of hydrogen-bond donors (Lipinski definition) is 0. The summed E-state index contributed by atoms with van der Waals surface area (Å²) < 4.78 is 6.00. The average Bonchev–Trinajstić information content (AvgIpc) is 1.88. The second-order valence-electron chi connectivity index (χ2n) is 2.06. The van der Waals surface area contributed by atoms with Crippen molar-refractivity contribution in [3.05, 3.63) is 12.2 Å². The summed E-state index contributed by atoms with van der Waals surface area (Å²) in [6.45, 7) is 5.67. The van der Waals surface area contributed by atoms with Gasteiger partial charge in [0.05, 0.1) is 0 Å². The summed E-state index contributed by atoms with van der Waals surface area (Å²) in [6, 6.07) is 0. The summed E-state index contributed by atoms with van der Waals surface area (Å²) in [5.41, 5.74) is 0.479. The molecule has 0 bridgehead atoms. The summed E-state index contributed by atoms with van der Waals surface area (Å²) in [5, 5.41) is 0. The van der Waals surface area contributed by atoms with E-state index < -0.39 is 0 Å². The zero-order valence-corrected chi connectivity index (χ0v) is 9.52. The number of esters is 1. The van der Waals surface area contributed by atoms with Crippen molar-refractivity contribution in [3.63, 3.8) is 0 Å². The summed E-state index contributed by atoms with van der Waals surface area (Å²) >= 11 is 1.24. The summed E-state index contributed by atoms with van der Waals surface area (Å²) in [6.07, 6.45) is 0.987. The Morgan fingerprint density at radius 1 is 1.70 bits per heavy atom. The summed E-state index contributed by atoms with van der Waals surface area (Å²) in [5.74, 6) is -0.269. The minimum absolute atomic E-state index is 0.269. The van der Waals surface area contributed by atoms with Gasteiger partial charge in [-0.3, -0.25) is 0 Å². The molecule has 0 aliphatic carbocycles. The first-order valence-electron chi connectivity index (χ1n) is 3.21. The molecule has 56 valence electrons. The van der Waals surface area contributed by atoms with E-state index in [4.69, 9.17) is 4.74 Å². The van der Waals surface area contributed by atoms with Crippen molar-refractivity contribution in [2.75, 3.05) is 6.61 Å². The molecule has 0 amide bonds. The predicted octanol–water partition coefficient (Wildman–Crippen LogP) is 0.815. The Morgan fingerprint density at radius 3 is 2.70 bits per heavy atom. The Labute approximate surface area is 74.7 Å². The number of rotatable bonds is 4. The molecule has 0 unspecified atom stereocenters. The van der Waals surface area contributed by atoms with Crippen LogP contribution >= 0.6 is 0 Å². The van der Waals surface area contributed by atoms with E-state index in [2.05, 4.69) is 6.58 Å². The second-order valence-corrected chi connectivity index (χ2v) is 3.71. The zero-order chi connectivity index (χ0) is 7.98. The van der Waals surface area contributed by atoms with Gasteiger partial charge in [-0.05, 0) is 0 Å². The third kappa shape index (κ3) is 4.85. The normalized spacial score (nSPS) is 9.00. The molecule has 2 nitrogen and oxygen atoms in total. The van der Waals surface area contributed by atoms with Gasteiger partial charge in [-0.2, -0.15) is 0 Å². The fourth-order valence-electron chi connectivity index (χ4n) is 0.371. The number of carbonyl (C=O) groups is 1. The third-order valence-electron chi connectivity index (χ3n) is 0.930. The van der Waals surface area contributed by atoms with Crippen molar-refractivity contribution in [1.29, 1.82) is 0 Å². The monoisotopic (exact) mass is 248 g/mol. The first kappa shape index (κ1) is 10.0. The maximum atomic E-state index is 10.7. The van der Waals surface area contributed by atoms with Gasteiger partial charge in [0, 0.05) is 0 Å². The van der Waals surface area contributed by atoms with E-state index in [1.54, 1.807) is 6.92 Å². The van der Waals surface area contributed by atoms with Crippen molar-refractivity contribution >= 4 is 28.5 Å². The Balaban J connectivity index is 3.31. The van der Waals surface area contributed by atoms with Crippen LogP contribution in [0.2, 0.25) is 4.44 Å². The molecule has 0 spiro atoms. The van der Waals surface area contributed by atoms with Crippen LogP contribution < -0.4 is 0 Å². The van der Waals surface area contributed by atoms with E-state index in [0.717, 1.165) is 6.42 Å². The molecular weight excluding hydrogens is 235 g/mol. The van der Waals surface area contributed by atoms with Gasteiger partial charge in [0.2, 0.25) is 0 Å². The Morgan fingerprint density at radius 2 is 2.30 bits per heavy atom. The van der Waals surface area contributed by atoms with Gasteiger partial charge in [-0.15, -0.1) is 0 Å². The molecule has 0 aromatic carbocycles. The SMILES string of the molecule is C=C(C)C(=O)OCC[CH2][SnH]. The van der Waals surface area contributed by atoms with Crippen LogP contribution in [0.15, 0.2) is 12.2 Å². The van der Waals surface area contributed by atoms with Gasteiger partial charge in [-0.25, -0.2) is 0 Å². The molecule has 0 aliphatic rings. The minimum atomic E-state index is -0.269. The van der Waals surface area contributed by atoms with Crippen LogP contribution in [0.3, 0.4) is 0 Å². The van der Waals surface area contributed by atoms with Crippen LogP contribution in [-0.2, 0) is 9.53 Å². The van der Waals surface area contributed by atoms with Gasteiger partial charge < -0.3 is 0 Å². The van der Waals surface area contributed by atoms with E-state index >= 15 is 0 Å². The maximum absolute atomic E-state index is 10.7. The van der Waals surface area contributed by atoms with E-state index in [9.17, 15) is 4.79 Å². The molecule has 2 radical (unpaired) electrons. The third-order valence-corrected chi connectivity index (χ3v) is 2.10. The van der Waals surface area contributed by atoms with Gasteiger partial charge in [0.25, 0.3) is 0 Å². The molecule has 0 aliphatic heterocycles. The summed E-state index contributed by atoms with van der Waals surface area (Å²) in [4.78, 5) is 10.7. The number of ether oxygens (including phenoxy) is 1. The molecule has 0 saturated heterocycles. The second kappa shape index (κ2) is 5.77. The zero-order valence-electron chi connectivity index (χ0n) is 6.22. The Bertz CT molecular complexity index is 132. The molecule has 0 N–H and O–H groups in total. The van der Waals surface area contributed by atoms with Crippen molar-refractivity contribution in [2.45, 2.75) is 17.8 Å². The fraction of sp³-hybridized carbons (Fsp3) is 0.571. The molecule has 10 heavy (non-hydrogen) atoms. The first-order valence-corrected chi connectivity index (χ1v) is 5.54. The van der Waals surface area contributed by atoms with Crippen LogP contribution in [0.5, 0.6) is 0 Å². The summed E-state index contributed by atoms with van der Waals surface area (Å²) in [7, 11) is 0. The van der Waals surface area contributed by atoms with E-state index in [1.165, 1.54) is 27.0 Å². The van der Waals surface area contributed by atoms with Crippen LogP contribution in [0.25, 0.3) is 0 Å². The standard InChI is InChI=1S/C7H11O2.Sn.H/c1-4-5-9-7(8)6(2)3;;/h1-2,4-5H2,3H3;;. The number of hydrogen-bond acceptors (Lipinski definition) is 2. The fourth-order valence-corrected chi connectivity index (χ4v) is 0.847. The Kier molecular flexibility index (Phi) is 5.77. The Hall–Kier alpha value is 0.00870. The van der Waals surface area contributed by atoms with Gasteiger partial charge in [0.1, 0.15) is 0 Å². The van der Waals surface area contributed by atoms with E-state index in [0.29, 0.717) is 12.2 Å². The van der Waals surface area contributed by atoms with Crippen molar-refractivity contribution in [2.24, 2.45) is 0 Å². The molecule has 0 rings (SSSR count). The molecule has 0 saturated carbocycles. The molecule has 0 heterocycles. The predicted molar refractivity (Wildman–Crippen MR) is 42.3 cm³/mol. The molecule has 3 heteroatoms. The average molecular weight is 247 g/mol. The molecule has 0 aromatic heterocycles. The first-order chi connectivity index (χ1) is 4.68.